The van der Waals surface area contributed by atoms with Gasteiger partial charge in [-0.05, 0) is 29.7 Å². The molecule has 2 N–H and O–H groups in total. The standard InChI is InChI=1S/C24H32N2O5/c1-28-13-6-14-30-23-15-19(9-10-22(23)29-2)20-16-26(12-11-21(20)25)24(27)31-17-18-7-4-3-5-8-18/h3-5,7-10,15,20-21H,6,11-14,16-17,25H2,1-2H3. The number of benzene rings is 2. The van der Waals surface area contributed by atoms with Crippen molar-refractivity contribution in [2.24, 2.45) is 5.73 Å². The largest absolute Gasteiger partial charge is 0.493 e. The second kappa shape index (κ2) is 11.6. The van der Waals surface area contributed by atoms with E-state index in [1.165, 1.54) is 0 Å². The smallest absolute Gasteiger partial charge is 0.410 e. The molecule has 1 aliphatic rings. The first-order valence-corrected chi connectivity index (χ1v) is 10.6. The molecule has 1 amide bonds. The lowest BCUT2D eigenvalue weighted by Gasteiger charge is -2.36. The number of hydrogen-bond acceptors (Lipinski definition) is 6. The predicted octanol–water partition coefficient (Wildman–Crippen LogP) is 3.56. The number of carbonyl (C=O) groups excluding carboxylic acids is 1. The van der Waals surface area contributed by atoms with Gasteiger partial charge in [-0.1, -0.05) is 36.4 Å². The fraction of sp³-hybridized carbons (Fsp3) is 0.458. The maximum Gasteiger partial charge on any atom is 0.410 e. The second-order valence-electron chi connectivity index (χ2n) is 7.65. The minimum Gasteiger partial charge on any atom is -0.493 e. The van der Waals surface area contributed by atoms with Crippen molar-refractivity contribution >= 4 is 6.09 Å². The van der Waals surface area contributed by atoms with Crippen LogP contribution >= 0.6 is 0 Å². The van der Waals surface area contributed by atoms with Crippen molar-refractivity contribution in [3.05, 3.63) is 59.7 Å². The summed E-state index contributed by atoms with van der Waals surface area (Å²) in [6.07, 6.45) is 1.18. The Balaban J connectivity index is 1.65. The quantitative estimate of drug-likeness (QED) is 0.615. The highest BCUT2D eigenvalue weighted by Crippen LogP contribution is 2.34. The number of carbonyl (C=O) groups is 1. The van der Waals surface area contributed by atoms with Crippen LogP contribution in [0.2, 0.25) is 0 Å². The van der Waals surface area contributed by atoms with Crippen molar-refractivity contribution in [3.63, 3.8) is 0 Å². The van der Waals surface area contributed by atoms with Crippen molar-refractivity contribution < 1.29 is 23.7 Å². The molecule has 0 saturated carbocycles. The van der Waals surface area contributed by atoms with Crippen molar-refractivity contribution in [3.8, 4) is 11.5 Å². The van der Waals surface area contributed by atoms with Crippen molar-refractivity contribution in [1.29, 1.82) is 0 Å². The van der Waals surface area contributed by atoms with E-state index in [1.807, 2.05) is 48.5 Å². The van der Waals surface area contributed by atoms with Gasteiger partial charge in [0.15, 0.2) is 11.5 Å². The Morgan fingerprint density at radius 3 is 2.65 bits per heavy atom. The Morgan fingerprint density at radius 2 is 1.90 bits per heavy atom. The minimum absolute atomic E-state index is 0.00902. The molecule has 3 rings (SSSR count). The van der Waals surface area contributed by atoms with E-state index in [-0.39, 0.29) is 24.7 Å². The average molecular weight is 429 g/mol. The molecule has 0 aromatic heterocycles. The fourth-order valence-corrected chi connectivity index (χ4v) is 3.72. The zero-order valence-electron chi connectivity index (χ0n) is 18.3. The van der Waals surface area contributed by atoms with Gasteiger partial charge in [0.1, 0.15) is 6.61 Å². The summed E-state index contributed by atoms with van der Waals surface area (Å²) in [6.45, 7) is 2.51. The van der Waals surface area contributed by atoms with Crippen LogP contribution in [0.15, 0.2) is 48.5 Å². The molecule has 7 heteroatoms. The summed E-state index contributed by atoms with van der Waals surface area (Å²) < 4.78 is 21.9. The van der Waals surface area contributed by atoms with E-state index < -0.39 is 0 Å². The Morgan fingerprint density at radius 1 is 1.10 bits per heavy atom. The van der Waals surface area contributed by atoms with Crippen LogP contribution in [0.4, 0.5) is 4.79 Å². The Hall–Kier alpha value is -2.77. The lowest BCUT2D eigenvalue weighted by atomic mass is 9.86. The van der Waals surface area contributed by atoms with Crippen LogP contribution in [-0.4, -0.2) is 57.6 Å². The minimum atomic E-state index is -0.315. The van der Waals surface area contributed by atoms with Crippen molar-refractivity contribution in [2.75, 3.05) is 40.5 Å². The third kappa shape index (κ3) is 6.35. The number of methoxy groups -OCH3 is 2. The fourth-order valence-electron chi connectivity index (χ4n) is 3.72. The molecule has 2 aromatic carbocycles. The first-order chi connectivity index (χ1) is 15.1. The van der Waals surface area contributed by atoms with Crippen LogP contribution in [0.5, 0.6) is 11.5 Å². The Labute approximate surface area is 184 Å². The van der Waals surface area contributed by atoms with E-state index in [0.29, 0.717) is 44.2 Å². The van der Waals surface area contributed by atoms with E-state index in [1.54, 1.807) is 19.1 Å². The van der Waals surface area contributed by atoms with Crippen LogP contribution in [0, 0.1) is 0 Å². The van der Waals surface area contributed by atoms with Gasteiger partial charge in [0.2, 0.25) is 0 Å². The van der Waals surface area contributed by atoms with Crippen molar-refractivity contribution in [2.45, 2.75) is 31.4 Å². The van der Waals surface area contributed by atoms with Crippen LogP contribution < -0.4 is 15.2 Å². The zero-order chi connectivity index (χ0) is 22.1. The highest BCUT2D eigenvalue weighted by molar-refractivity contribution is 5.68. The molecule has 2 unspecified atom stereocenters. The van der Waals surface area contributed by atoms with Gasteiger partial charge in [-0.15, -0.1) is 0 Å². The molecule has 2 aromatic rings. The number of rotatable bonds is 9. The number of amides is 1. The maximum atomic E-state index is 12.6. The van der Waals surface area contributed by atoms with Gasteiger partial charge in [-0.3, -0.25) is 0 Å². The second-order valence-corrected chi connectivity index (χ2v) is 7.65. The first-order valence-electron chi connectivity index (χ1n) is 10.6. The highest BCUT2D eigenvalue weighted by atomic mass is 16.6. The summed E-state index contributed by atoms with van der Waals surface area (Å²) in [5.41, 5.74) is 8.42. The van der Waals surface area contributed by atoms with Gasteiger partial charge in [-0.2, -0.15) is 0 Å². The number of likely N-dealkylation sites (tertiary alicyclic amines) is 1. The van der Waals surface area contributed by atoms with Crippen LogP contribution in [0.3, 0.4) is 0 Å². The molecule has 1 saturated heterocycles. The van der Waals surface area contributed by atoms with Crippen LogP contribution in [-0.2, 0) is 16.1 Å². The molecule has 2 atom stereocenters. The van der Waals surface area contributed by atoms with Crippen LogP contribution in [0.25, 0.3) is 0 Å². The SMILES string of the molecule is COCCCOc1cc(C2CN(C(=O)OCc3ccccc3)CCC2N)ccc1OC. The van der Waals surface area contributed by atoms with Gasteiger partial charge in [0.25, 0.3) is 0 Å². The Bertz CT molecular complexity index is 830. The lowest BCUT2D eigenvalue weighted by Crippen LogP contribution is -2.48. The van der Waals surface area contributed by atoms with E-state index >= 15 is 0 Å². The van der Waals surface area contributed by atoms with E-state index in [2.05, 4.69) is 0 Å². The molecule has 0 aliphatic carbocycles. The van der Waals surface area contributed by atoms with Gasteiger partial charge >= 0.3 is 6.09 Å². The molecule has 1 aliphatic heterocycles. The summed E-state index contributed by atoms with van der Waals surface area (Å²) in [4.78, 5) is 14.4. The summed E-state index contributed by atoms with van der Waals surface area (Å²) >= 11 is 0. The first kappa shape index (κ1) is 22.9. The average Bonchev–Trinajstić information content (AvgIpc) is 2.81. The van der Waals surface area contributed by atoms with E-state index in [0.717, 1.165) is 17.5 Å². The number of piperidine rings is 1. The molecule has 168 valence electrons. The molecule has 7 nitrogen and oxygen atoms in total. The molecule has 0 spiro atoms. The third-order valence-corrected chi connectivity index (χ3v) is 5.50. The summed E-state index contributed by atoms with van der Waals surface area (Å²) in [6, 6.07) is 15.5. The summed E-state index contributed by atoms with van der Waals surface area (Å²) in [7, 11) is 3.29. The number of nitrogens with zero attached hydrogens (tertiary/aromatic N) is 1. The van der Waals surface area contributed by atoms with Gasteiger partial charge in [-0.25, -0.2) is 4.79 Å². The highest BCUT2D eigenvalue weighted by Gasteiger charge is 2.31. The maximum absolute atomic E-state index is 12.6. The van der Waals surface area contributed by atoms with Crippen molar-refractivity contribution in [1.82, 2.24) is 4.90 Å². The number of hydrogen-bond donors (Lipinski definition) is 1. The van der Waals surface area contributed by atoms with Crippen LogP contribution in [0.1, 0.15) is 29.9 Å². The van der Waals surface area contributed by atoms with E-state index in [4.69, 9.17) is 24.7 Å². The summed E-state index contributed by atoms with van der Waals surface area (Å²) in [5.74, 6) is 1.34. The number of nitrogens with two attached hydrogens (primary N) is 1. The molecule has 1 fully saturated rings. The molecule has 31 heavy (non-hydrogen) atoms. The molecular weight excluding hydrogens is 396 g/mol. The normalized spacial score (nSPS) is 18.5. The molecular formula is C24H32N2O5. The monoisotopic (exact) mass is 428 g/mol. The lowest BCUT2D eigenvalue weighted by molar-refractivity contribution is 0.0830. The molecule has 1 heterocycles. The van der Waals surface area contributed by atoms with E-state index in [9.17, 15) is 4.79 Å². The molecule has 0 bridgehead atoms. The third-order valence-electron chi connectivity index (χ3n) is 5.50. The number of ether oxygens (including phenoxy) is 4. The predicted molar refractivity (Wildman–Crippen MR) is 119 cm³/mol. The molecule has 0 radical (unpaired) electrons. The van der Waals surface area contributed by atoms with Gasteiger partial charge < -0.3 is 29.6 Å². The Kier molecular flexibility index (Phi) is 8.55. The van der Waals surface area contributed by atoms with Gasteiger partial charge in [0, 0.05) is 45.2 Å². The van der Waals surface area contributed by atoms with Gasteiger partial charge in [0.05, 0.1) is 13.7 Å². The topological polar surface area (TPSA) is 83.2 Å². The summed E-state index contributed by atoms with van der Waals surface area (Å²) in [5, 5.41) is 0. The zero-order valence-corrected chi connectivity index (χ0v) is 18.3.